The molecule has 1 aromatic heterocycles. The molecule has 0 aromatic carbocycles. The molecule has 0 amide bonds. The number of methoxy groups -OCH3 is 1. The van der Waals surface area contributed by atoms with E-state index in [0.29, 0.717) is 6.61 Å². The Bertz CT molecular complexity index is 253. The molecule has 0 bridgehead atoms. The van der Waals surface area contributed by atoms with Crippen molar-refractivity contribution in [3.8, 4) is 0 Å². The minimum Gasteiger partial charge on any atom is -0.468 e. The van der Waals surface area contributed by atoms with Gasteiger partial charge in [-0.1, -0.05) is 0 Å². The van der Waals surface area contributed by atoms with Crippen LogP contribution in [0.5, 0.6) is 0 Å². The fraction of sp³-hybridized carbons (Fsp3) is 0.600. The molecule has 15 heavy (non-hydrogen) atoms. The molecule has 3 N–H and O–H groups in total. The first kappa shape index (κ1) is 12.6. The Morgan fingerprint density at radius 1 is 1.67 bits per heavy atom. The minimum atomic E-state index is -0.153. The number of hydrogen-bond acceptors (Lipinski definition) is 5. The minimum absolute atomic E-state index is 0.0185. The van der Waals surface area contributed by atoms with Crippen LogP contribution in [0.3, 0.4) is 0 Å². The van der Waals surface area contributed by atoms with Gasteiger partial charge in [-0.05, 0) is 12.1 Å². The van der Waals surface area contributed by atoms with Crippen LogP contribution in [0.2, 0.25) is 0 Å². The van der Waals surface area contributed by atoms with Crippen molar-refractivity contribution in [1.29, 1.82) is 0 Å². The average molecular weight is 231 g/mol. The Kier molecular flexibility index (Phi) is 5.78. The van der Waals surface area contributed by atoms with Crippen LogP contribution in [0, 0.1) is 0 Å². The van der Waals surface area contributed by atoms with Crippen molar-refractivity contribution in [1.82, 2.24) is 0 Å². The van der Waals surface area contributed by atoms with E-state index >= 15 is 0 Å². The van der Waals surface area contributed by atoms with Crippen LogP contribution in [0.25, 0.3) is 0 Å². The fourth-order valence-electron chi connectivity index (χ4n) is 1.20. The second kappa shape index (κ2) is 6.90. The summed E-state index contributed by atoms with van der Waals surface area (Å²) in [7, 11) is 1.60. The zero-order valence-electron chi connectivity index (χ0n) is 8.76. The third-order valence-electron chi connectivity index (χ3n) is 2.04. The summed E-state index contributed by atoms with van der Waals surface area (Å²) in [5.74, 6) is 1.61. The lowest BCUT2D eigenvalue weighted by Crippen LogP contribution is -2.38. The number of aliphatic hydroxyl groups is 1. The summed E-state index contributed by atoms with van der Waals surface area (Å²) < 4.78 is 10.1. The Morgan fingerprint density at radius 3 is 3.00 bits per heavy atom. The van der Waals surface area contributed by atoms with E-state index in [1.807, 2.05) is 12.1 Å². The van der Waals surface area contributed by atoms with Crippen LogP contribution in [0.15, 0.2) is 22.8 Å². The number of hydrogen-bond donors (Lipinski definition) is 2. The van der Waals surface area contributed by atoms with Crippen LogP contribution >= 0.6 is 11.8 Å². The summed E-state index contributed by atoms with van der Waals surface area (Å²) in [6.45, 7) is 0.506. The Balaban J connectivity index is 2.33. The molecular weight excluding hydrogens is 214 g/mol. The molecular formula is C10H17NO3S. The molecule has 1 aromatic rings. The SMILES string of the molecule is COCC(N)C(CO)SCc1ccco1. The van der Waals surface area contributed by atoms with E-state index in [1.165, 1.54) is 0 Å². The summed E-state index contributed by atoms with van der Waals surface area (Å²) in [5.41, 5.74) is 5.84. The smallest absolute Gasteiger partial charge is 0.113 e. The molecule has 0 aliphatic carbocycles. The monoisotopic (exact) mass is 231 g/mol. The standard InChI is InChI=1S/C10H17NO3S/c1-13-6-9(11)10(5-12)15-7-8-3-2-4-14-8/h2-4,9-10,12H,5-7,11H2,1H3. The first-order valence-corrected chi connectivity index (χ1v) is 5.82. The predicted octanol–water partition coefficient (Wildman–Crippen LogP) is 0.847. The van der Waals surface area contributed by atoms with Gasteiger partial charge in [-0.2, -0.15) is 0 Å². The molecule has 0 aliphatic rings. The molecule has 1 rings (SSSR count). The second-order valence-corrected chi connectivity index (χ2v) is 4.46. The van der Waals surface area contributed by atoms with Crippen LogP contribution in [0.4, 0.5) is 0 Å². The van der Waals surface area contributed by atoms with E-state index in [2.05, 4.69) is 0 Å². The maximum absolute atomic E-state index is 9.16. The molecule has 0 fully saturated rings. The van der Waals surface area contributed by atoms with Gasteiger partial charge in [0.05, 0.1) is 25.2 Å². The molecule has 0 spiro atoms. The van der Waals surface area contributed by atoms with E-state index < -0.39 is 0 Å². The maximum atomic E-state index is 9.16. The number of nitrogens with two attached hydrogens (primary N) is 1. The summed E-state index contributed by atoms with van der Waals surface area (Å²) in [5, 5.41) is 9.15. The van der Waals surface area contributed by atoms with Crippen molar-refractivity contribution in [3.05, 3.63) is 24.2 Å². The first-order chi connectivity index (χ1) is 7.27. The zero-order valence-corrected chi connectivity index (χ0v) is 9.57. The molecule has 0 saturated carbocycles. The molecule has 0 saturated heterocycles. The highest BCUT2D eigenvalue weighted by Gasteiger charge is 2.17. The maximum Gasteiger partial charge on any atom is 0.113 e. The Labute approximate surface area is 93.8 Å². The van der Waals surface area contributed by atoms with Gasteiger partial charge in [0.2, 0.25) is 0 Å². The molecule has 5 heteroatoms. The van der Waals surface area contributed by atoms with Gasteiger partial charge in [0.1, 0.15) is 5.76 Å². The average Bonchev–Trinajstić information content (AvgIpc) is 2.72. The van der Waals surface area contributed by atoms with Gasteiger partial charge >= 0.3 is 0 Å². The first-order valence-electron chi connectivity index (χ1n) is 4.77. The number of thioether (sulfide) groups is 1. The van der Waals surface area contributed by atoms with Crippen molar-refractivity contribution < 1.29 is 14.3 Å². The third-order valence-corrected chi connectivity index (χ3v) is 3.41. The summed E-state index contributed by atoms with van der Waals surface area (Å²) in [6.07, 6.45) is 1.64. The van der Waals surface area contributed by atoms with Gasteiger partial charge in [0, 0.05) is 18.4 Å². The second-order valence-electron chi connectivity index (χ2n) is 3.23. The van der Waals surface area contributed by atoms with E-state index in [4.69, 9.17) is 20.0 Å². The lowest BCUT2D eigenvalue weighted by molar-refractivity contribution is 0.167. The summed E-state index contributed by atoms with van der Waals surface area (Å²) in [6, 6.07) is 3.60. The Hall–Kier alpha value is -0.490. The van der Waals surface area contributed by atoms with Crippen LogP contribution in [-0.2, 0) is 10.5 Å². The lowest BCUT2D eigenvalue weighted by atomic mass is 10.2. The molecule has 2 atom stereocenters. The van der Waals surface area contributed by atoms with Gasteiger partial charge in [-0.15, -0.1) is 11.8 Å². The van der Waals surface area contributed by atoms with Crippen molar-refractivity contribution in [2.24, 2.45) is 5.73 Å². The van der Waals surface area contributed by atoms with Gasteiger partial charge < -0.3 is 20.0 Å². The topological polar surface area (TPSA) is 68.6 Å². The summed E-state index contributed by atoms with van der Waals surface area (Å²) >= 11 is 1.58. The van der Waals surface area contributed by atoms with Crippen molar-refractivity contribution in [3.63, 3.8) is 0 Å². The lowest BCUT2D eigenvalue weighted by Gasteiger charge is -2.20. The van der Waals surface area contributed by atoms with E-state index in [-0.39, 0.29) is 17.9 Å². The van der Waals surface area contributed by atoms with E-state index in [0.717, 1.165) is 11.5 Å². The van der Waals surface area contributed by atoms with Crippen LogP contribution in [-0.4, -0.2) is 36.7 Å². The molecule has 1 heterocycles. The molecule has 2 unspecified atom stereocenters. The number of furan rings is 1. The zero-order chi connectivity index (χ0) is 11.1. The Morgan fingerprint density at radius 2 is 2.47 bits per heavy atom. The third kappa shape index (κ3) is 4.25. The summed E-state index contributed by atoms with van der Waals surface area (Å²) in [4.78, 5) is 0. The number of rotatable bonds is 7. The van der Waals surface area contributed by atoms with E-state index in [1.54, 1.807) is 25.1 Å². The van der Waals surface area contributed by atoms with Crippen molar-refractivity contribution in [2.75, 3.05) is 20.3 Å². The van der Waals surface area contributed by atoms with Crippen LogP contribution in [0.1, 0.15) is 5.76 Å². The quantitative estimate of drug-likeness (QED) is 0.728. The normalized spacial score (nSPS) is 15.1. The molecule has 0 radical (unpaired) electrons. The highest BCUT2D eigenvalue weighted by atomic mass is 32.2. The highest BCUT2D eigenvalue weighted by molar-refractivity contribution is 7.99. The van der Waals surface area contributed by atoms with Crippen molar-refractivity contribution >= 4 is 11.8 Å². The fourth-order valence-corrected chi connectivity index (χ4v) is 2.17. The van der Waals surface area contributed by atoms with Crippen molar-refractivity contribution in [2.45, 2.75) is 17.0 Å². The number of ether oxygens (including phenoxy) is 1. The molecule has 86 valence electrons. The van der Waals surface area contributed by atoms with Gasteiger partial charge in [0.15, 0.2) is 0 Å². The van der Waals surface area contributed by atoms with E-state index in [9.17, 15) is 0 Å². The van der Waals surface area contributed by atoms with Gasteiger partial charge in [-0.3, -0.25) is 0 Å². The largest absolute Gasteiger partial charge is 0.468 e. The predicted molar refractivity (Wildman–Crippen MR) is 60.7 cm³/mol. The van der Waals surface area contributed by atoms with Crippen LogP contribution < -0.4 is 5.73 Å². The number of aliphatic hydroxyl groups excluding tert-OH is 1. The van der Waals surface area contributed by atoms with Gasteiger partial charge in [0.25, 0.3) is 0 Å². The van der Waals surface area contributed by atoms with Gasteiger partial charge in [-0.25, -0.2) is 0 Å². The molecule has 0 aliphatic heterocycles. The highest BCUT2D eigenvalue weighted by Crippen LogP contribution is 2.19. The molecule has 4 nitrogen and oxygen atoms in total.